The van der Waals surface area contributed by atoms with Crippen LogP contribution >= 0.6 is 0 Å². The van der Waals surface area contributed by atoms with Gasteiger partial charge in [0.15, 0.2) is 5.69 Å². The first kappa shape index (κ1) is 15.6. The Morgan fingerprint density at radius 2 is 1.82 bits per heavy atom. The molecule has 0 atom stereocenters. The SMILES string of the molecule is COC(=O)c1ccc(-c2ccccc2OC(F)(F)F)c(N)n1. The predicted molar refractivity (Wildman–Crippen MR) is 72.1 cm³/mol. The molecule has 0 spiro atoms. The lowest BCUT2D eigenvalue weighted by molar-refractivity contribution is -0.274. The van der Waals surface area contributed by atoms with E-state index in [1.807, 2.05) is 0 Å². The van der Waals surface area contributed by atoms with Gasteiger partial charge in [-0.15, -0.1) is 13.2 Å². The lowest BCUT2D eigenvalue weighted by atomic mass is 10.1. The van der Waals surface area contributed by atoms with Crippen LogP contribution in [-0.4, -0.2) is 24.4 Å². The molecule has 0 radical (unpaired) electrons. The smallest absolute Gasteiger partial charge is 0.464 e. The number of alkyl halides is 3. The third kappa shape index (κ3) is 3.46. The first-order chi connectivity index (χ1) is 10.3. The van der Waals surface area contributed by atoms with Crippen LogP contribution in [0.4, 0.5) is 19.0 Å². The number of pyridine rings is 1. The number of carbonyl (C=O) groups excluding carboxylic acids is 1. The first-order valence-electron chi connectivity index (χ1n) is 6.02. The van der Waals surface area contributed by atoms with E-state index in [9.17, 15) is 18.0 Å². The average Bonchev–Trinajstić information content (AvgIpc) is 2.45. The molecular weight excluding hydrogens is 301 g/mol. The predicted octanol–water partition coefficient (Wildman–Crippen LogP) is 3.02. The summed E-state index contributed by atoms with van der Waals surface area (Å²) in [5.74, 6) is -1.21. The second-order valence-electron chi connectivity index (χ2n) is 4.16. The number of hydrogen-bond acceptors (Lipinski definition) is 5. The van der Waals surface area contributed by atoms with Gasteiger partial charge in [-0.1, -0.05) is 18.2 Å². The molecular formula is C14H11F3N2O3. The third-order valence-corrected chi connectivity index (χ3v) is 2.72. The number of aromatic nitrogens is 1. The van der Waals surface area contributed by atoms with Crippen LogP contribution in [0.3, 0.4) is 0 Å². The minimum absolute atomic E-state index is 0.0435. The van der Waals surface area contributed by atoms with E-state index in [2.05, 4.69) is 14.5 Å². The number of anilines is 1. The van der Waals surface area contributed by atoms with Gasteiger partial charge in [-0.3, -0.25) is 0 Å². The number of para-hydroxylation sites is 1. The highest BCUT2D eigenvalue weighted by molar-refractivity contribution is 5.89. The van der Waals surface area contributed by atoms with Gasteiger partial charge < -0.3 is 15.2 Å². The zero-order valence-corrected chi connectivity index (χ0v) is 11.3. The van der Waals surface area contributed by atoms with E-state index in [1.165, 1.54) is 37.4 Å². The zero-order chi connectivity index (χ0) is 16.3. The Morgan fingerprint density at radius 1 is 1.14 bits per heavy atom. The molecule has 0 aliphatic heterocycles. The number of ether oxygens (including phenoxy) is 2. The maximum absolute atomic E-state index is 12.4. The monoisotopic (exact) mass is 312 g/mol. The average molecular weight is 312 g/mol. The Kier molecular flexibility index (Phi) is 4.20. The van der Waals surface area contributed by atoms with Gasteiger partial charge >= 0.3 is 12.3 Å². The van der Waals surface area contributed by atoms with E-state index in [-0.39, 0.29) is 22.6 Å². The number of hydrogen-bond donors (Lipinski definition) is 1. The Balaban J connectivity index is 2.47. The largest absolute Gasteiger partial charge is 0.573 e. The molecule has 2 rings (SSSR count). The molecule has 1 heterocycles. The molecule has 0 aliphatic rings. The third-order valence-electron chi connectivity index (χ3n) is 2.72. The lowest BCUT2D eigenvalue weighted by Crippen LogP contribution is -2.17. The molecule has 8 heteroatoms. The van der Waals surface area contributed by atoms with Crippen molar-refractivity contribution in [1.82, 2.24) is 4.98 Å². The summed E-state index contributed by atoms with van der Waals surface area (Å²) < 4.78 is 45.7. The van der Waals surface area contributed by atoms with E-state index in [1.54, 1.807) is 0 Å². The highest BCUT2D eigenvalue weighted by Crippen LogP contribution is 2.35. The standard InChI is InChI=1S/C14H11F3N2O3/c1-21-13(20)10-7-6-9(12(18)19-10)8-4-2-3-5-11(8)22-14(15,16)17/h2-7H,1H3,(H2,18,19). The zero-order valence-electron chi connectivity index (χ0n) is 11.3. The van der Waals surface area contributed by atoms with Gasteiger partial charge in [0, 0.05) is 11.1 Å². The quantitative estimate of drug-likeness (QED) is 0.882. The lowest BCUT2D eigenvalue weighted by Gasteiger charge is -2.14. The molecule has 0 fully saturated rings. The number of nitrogens with two attached hydrogens (primary N) is 1. The molecule has 2 aromatic rings. The number of nitrogen functional groups attached to an aromatic ring is 1. The number of rotatable bonds is 3. The van der Waals surface area contributed by atoms with Crippen molar-refractivity contribution in [1.29, 1.82) is 0 Å². The second-order valence-corrected chi connectivity index (χ2v) is 4.16. The van der Waals surface area contributed by atoms with E-state index in [0.29, 0.717) is 0 Å². The topological polar surface area (TPSA) is 74.4 Å². The molecule has 2 N–H and O–H groups in total. The first-order valence-corrected chi connectivity index (χ1v) is 6.02. The summed E-state index contributed by atoms with van der Waals surface area (Å²) >= 11 is 0. The normalized spacial score (nSPS) is 11.1. The van der Waals surface area contributed by atoms with Crippen LogP contribution in [0.5, 0.6) is 5.75 Å². The number of nitrogens with zero attached hydrogens (tertiary/aromatic N) is 1. The van der Waals surface area contributed by atoms with Crippen molar-refractivity contribution in [2.24, 2.45) is 0 Å². The molecule has 116 valence electrons. The Hall–Kier alpha value is -2.77. The van der Waals surface area contributed by atoms with Crippen molar-refractivity contribution in [2.45, 2.75) is 6.36 Å². The molecule has 0 aliphatic carbocycles. The van der Waals surface area contributed by atoms with Crippen LogP contribution < -0.4 is 10.5 Å². The van der Waals surface area contributed by atoms with Crippen LogP contribution in [0.1, 0.15) is 10.5 Å². The molecule has 0 bridgehead atoms. The van der Waals surface area contributed by atoms with Gasteiger partial charge in [-0.25, -0.2) is 9.78 Å². The van der Waals surface area contributed by atoms with E-state index in [4.69, 9.17) is 5.73 Å². The molecule has 0 amide bonds. The highest BCUT2D eigenvalue weighted by atomic mass is 19.4. The van der Waals surface area contributed by atoms with Crippen molar-refractivity contribution in [3.63, 3.8) is 0 Å². The fourth-order valence-corrected chi connectivity index (χ4v) is 1.82. The van der Waals surface area contributed by atoms with Crippen molar-refractivity contribution < 1.29 is 27.4 Å². The minimum atomic E-state index is -4.83. The summed E-state index contributed by atoms with van der Waals surface area (Å²) in [6, 6.07) is 8.20. The Bertz CT molecular complexity index is 702. The maximum Gasteiger partial charge on any atom is 0.573 e. The van der Waals surface area contributed by atoms with E-state index < -0.39 is 18.1 Å². The second kappa shape index (κ2) is 5.92. The summed E-state index contributed by atoms with van der Waals surface area (Å²) in [4.78, 5) is 15.2. The van der Waals surface area contributed by atoms with Crippen LogP contribution in [0, 0.1) is 0 Å². The van der Waals surface area contributed by atoms with Crippen LogP contribution in [0.2, 0.25) is 0 Å². The van der Waals surface area contributed by atoms with Gasteiger partial charge in [0.1, 0.15) is 11.6 Å². The number of halogens is 3. The molecule has 0 unspecified atom stereocenters. The Morgan fingerprint density at radius 3 is 2.41 bits per heavy atom. The number of methoxy groups -OCH3 is 1. The molecule has 0 saturated heterocycles. The number of benzene rings is 1. The summed E-state index contributed by atoms with van der Waals surface area (Å²) in [6.07, 6.45) is -4.83. The molecule has 1 aromatic heterocycles. The van der Waals surface area contributed by atoms with Crippen LogP contribution in [0.25, 0.3) is 11.1 Å². The molecule has 22 heavy (non-hydrogen) atoms. The molecule has 1 aromatic carbocycles. The fraction of sp³-hybridized carbons (Fsp3) is 0.143. The van der Waals surface area contributed by atoms with Crippen molar-refractivity contribution in [2.75, 3.05) is 12.8 Å². The van der Waals surface area contributed by atoms with Crippen LogP contribution in [-0.2, 0) is 4.74 Å². The van der Waals surface area contributed by atoms with E-state index in [0.717, 1.165) is 6.07 Å². The van der Waals surface area contributed by atoms with Gasteiger partial charge in [0.2, 0.25) is 0 Å². The van der Waals surface area contributed by atoms with Crippen molar-refractivity contribution in [3.8, 4) is 16.9 Å². The fourth-order valence-electron chi connectivity index (χ4n) is 1.82. The Labute approximate surface area is 123 Å². The van der Waals surface area contributed by atoms with Crippen LogP contribution in [0.15, 0.2) is 36.4 Å². The summed E-state index contributed by atoms with van der Waals surface area (Å²) in [5.41, 5.74) is 6.01. The van der Waals surface area contributed by atoms with Crippen molar-refractivity contribution in [3.05, 3.63) is 42.1 Å². The highest BCUT2D eigenvalue weighted by Gasteiger charge is 2.32. The molecule has 0 saturated carbocycles. The minimum Gasteiger partial charge on any atom is -0.464 e. The summed E-state index contributed by atoms with van der Waals surface area (Å²) in [5, 5.41) is 0. The van der Waals surface area contributed by atoms with Crippen molar-refractivity contribution >= 4 is 11.8 Å². The van der Waals surface area contributed by atoms with E-state index >= 15 is 0 Å². The van der Waals surface area contributed by atoms with Gasteiger partial charge in [0.25, 0.3) is 0 Å². The maximum atomic E-state index is 12.4. The summed E-state index contributed by atoms with van der Waals surface area (Å²) in [6.45, 7) is 0. The summed E-state index contributed by atoms with van der Waals surface area (Å²) in [7, 11) is 1.18. The number of esters is 1. The van der Waals surface area contributed by atoms with Gasteiger partial charge in [-0.05, 0) is 18.2 Å². The molecule has 5 nitrogen and oxygen atoms in total. The number of carbonyl (C=O) groups is 1. The van der Waals surface area contributed by atoms with Gasteiger partial charge in [-0.2, -0.15) is 0 Å². The van der Waals surface area contributed by atoms with Gasteiger partial charge in [0.05, 0.1) is 7.11 Å².